The zero-order valence-corrected chi connectivity index (χ0v) is 12.9. The highest BCUT2D eigenvalue weighted by atomic mass is 32.2. The molecule has 0 spiro atoms. The predicted octanol–water partition coefficient (Wildman–Crippen LogP) is 3.47. The molecule has 0 aliphatic rings. The minimum absolute atomic E-state index is 0.0123. The van der Waals surface area contributed by atoms with E-state index in [1.165, 1.54) is 0 Å². The molecule has 1 amide bonds. The Kier molecular flexibility index (Phi) is 5.51. The van der Waals surface area contributed by atoms with Crippen LogP contribution in [-0.4, -0.2) is 25.8 Å². The zero-order valence-electron chi connectivity index (χ0n) is 12.1. The molecule has 0 radical (unpaired) electrons. The number of carbonyl (C=O) groups excluding carboxylic acids is 1. The molecule has 0 bridgehead atoms. The van der Waals surface area contributed by atoms with E-state index in [0.717, 1.165) is 16.3 Å². The monoisotopic (exact) mass is 302 g/mol. The molecule has 0 saturated heterocycles. The molecular formula is C16H18N2O2S. The van der Waals surface area contributed by atoms with Gasteiger partial charge in [-0.1, -0.05) is 12.1 Å². The maximum Gasteiger partial charge on any atom is 0.262 e. The van der Waals surface area contributed by atoms with Crippen molar-refractivity contribution in [2.45, 2.75) is 4.90 Å². The molecule has 0 heterocycles. The highest BCUT2D eigenvalue weighted by molar-refractivity contribution is 7.98. The van der Waals surface area contributed by atoms with E-state index in [0.29, 0.717) is 5.75 Å². The lowest BCUT2D eigenvalue weighted by molar-refractivity contribution is -0.118. The Morgan fingerprint density at radius 3 is 2.52 bits per heavy atom. The van der Waals surface area contributed by atoms with Crippen molar-refractivity contribution in [2.75, 3.05) is 30.5 Å². The maximum atomic E-state index is 11.9. The fraction of sp³-hybridized carbons (Fsp3) is 0.188. The summed E-state index contributed by atoms with van der Waals surface area (Å²) in [6.45, 7) is -0.0123. The van der Waals surface area contributed by atoms with Gasteiger partial charge in [0.05, 0.1) is 5.69 Å². The number of anilines is 2. The molecule has 21 heavy (non-hydrogen) atoms. The second-order valence-electron chi connectivity index (χ2n) is 4.31. The number of hydrogen-bond donors (Lipinski definition) is 2. The van der Waals surface area contributed by atoms with Crippen molar-refractivity contribution in [3.05, 3.63) is 48.5 Å². The van der Waals surface area contributed by atoms with Gasteiger partial charge in [0.1, 0.15) is 5.75 Å². The minimum atomic E-state index is -0.172. The maximum absolute atomic E-state index is 11.9. The minimum Gasteiger partial charge on any atom is -0.484 e. The van der Waals surface area contributed by atoms with Gasteiger partial charge in [0.15, 0.2) is 6.61 Å². The third kappa shape index (κ3) is 4.43. The zero-order chi connectivity index (χ0) is 15.1. The van der Waals surface area contributed by atoms with Gasteiger partial charge in [0, 0.05) is 17.6 Å². The Hall–Kier alpha value is -2.14. The summed E-state index contributed by atoms with van der Waals surface area (Å²) >= 11 is 1.59. The summed E-state index contributed by atoms with van der Waals surface area (Å²) in [5, 5.41) is 5.88. The lowest BCUT2D eigenvalue weighted by Crippen LogP contribution is -2.20. The fourth-order valence-electron chi connectivity index (χ4n) is 1.80. The van der Waals surface area contributed by atoms with Crippen LogP contribution < -0.4 is 15.4 Å². The number of ether oxygens (including phenoxy) is 1. The number of hydrogen-bond acceptors (Lipinski definition) is 4. The van der Waals surface area contributed by atoms with E-state index in [4.69, 9.17) is 4.74 Å². The topological polar surface area (TPSA) is 50.4 Å². The number of carbonyl (C=O) groups is 1. The van der Waals surface area contributed by atoms with E-state index in [2.05, 4.69) is 10.6 Å². The van der Waals surface area contributed by atoms with E-state index >= 15 is 0 Å². The lowest BCUT2D eigenvalue weighted by atomic mass is 10.3. The van der Waals surface area contributed by atoms with Crippen LogP contribution in [0.4, 0.5) is 11.4 Å². The molecule has 2 rings (SSSR count). The summed E-state index contributed by atoms with van der Waals surface area (Å²) in [7, 11) is 1.85. The molecule has 5 heteroatoms. The number of thioether (sulfide) groups is 1. The first-order chi connectivity index (χ1) is 10.2. The third-order valence-electron chi connectivity index (χ3n) is 2.89. The molecule has 2 N–H and O–H groups in total. The van der Waals surface area contributed by atoms with Crippen molar-refractivity contribution < 1.29 is 9.53 Å². The van der Waals surface area contributed by atoms with E-state index in [1.807, 2.05) is 61.8 Å². The highest BCUT2D eigenvalue weighted by Crippen LogP contribution is 2.24. The van der Waals surface area contributed by atoms with Gasteiger partial charge >= 0.3 is 0 Å². The van der Waals surface area contributed by atoms with Gasteiger partial charge in [-0.15, -0.1) is 11.8 Å². The van der Waals surface area contributed by atoms with Crippen molar-refractivity contribution >= 4 is 29.0 Å². The van der Waals surface area contributed by atoms with Crippen LogP contribution in [0, 0.1) is 0 Å². The van der Waals surface area contributed by atoms with Crippen LogP contribution in [0.2, 0.25) is 0 Å². The molecule has 0 fully saturated rings. The van der Waals surface area contributed by atoms with E-state index in [9.17, 15) is 4.79 Å². The highest BCUT2D eigenvalue weighted by Gasteiger charge is 2.06. The van der Waals surface area contributed by atoms with Crippen molar-refractivity contribution in [2.24, 2.45) is 0 Å². The average molecular weight is 302 g/mol. The molecule has 4 nitrogen and oxygen atoms in total. The summed E-state index contributed by atoms with van der Waals surface area (Å²) in [5.41, 5.74) is 1.81. The molecule has 0 aromatic heterocycles. The van der Waals surface area contributed by atoms with Crippen molar-refractivity contribution in [3.8, 4) is 5.75 Å². The van der Waals surface area contributed by atoms with Crippen molar-refractivity contribution in [3.63, 3.8) is 0 Å². The van der Waals surface area contributed by atoms with Gasteiger partial charge in [-0.3, -0.25) is 4.79 Å². The lowest BCUT2D eigenvalue weighted by Gasteiger charge is -2.10. The molecule has 0 unspecified atom stereocenters. The average Bonchev–Trinajstić information content (AvgIpc) is 2.54. The SMILES string of the molecule is CNc1ccc(OCC(=O)Nc2ccccc2SC)cc1. The van der Waals surface area contributed by atoms with E-state index < -0.39 is 0 Å². The van der Waals surface area contributed by atoms with E-state index in [1.54, 1.807) is 11.8 Å². The van der Waals surface area contributed by atoms with Crippen LogP contribution >= 0.6 is 11.8 Å². The largest absolute Gasteiger partial charge is 0.484 e. The van der Waals surface area contributed by atoms with Gasteiger partial charge in [-0.2, -0.15) is 0 Å². The molecule has 0 saturated carbocycles. The summed E-state index contributed by atoms with van der Waals surface area (Å²) in [4.78, 5) is 13.0. The van der Waals surface area contributed by atoms with Gasteiger partial charge in [0.25, 0.3) is 5.91 Å². The summed E-state index contributed by atoms with van der Waals surface area (Å²) < 4.78 is 5.47. The Balaban J connectivity index is 1.89. The summed E-state index contributed by atoms with van der Waals surface area (Å²) in [5.74, 6) is 0.497. The smallest absolute Gasteiger partial charge is 0.262 e. The second-order valence-corrected chi connectivity index (χ2v) is 5.16. The molecule has 2 aromatic rings. The summed E-state index contributed by atoms with van der Waals surface area (Å²) in [6.07, 6.45) is 1.98. The second kappa shape index (κ2) is 7.59. The van der Waals surface area contributed by atoms with Crippen LogP contribution in [0.25, 0.3) is 0 Å². The van der Waals surface area contributed by atoms with Crippen LogP contribution in [0.15, 0.2) is 53.4 Å². The molecule has 110 valence electrons. The van der Waals surface area contributed by atoms with Crippen LogP contribution in [-0.2, 0) is 4.79 Å². The first-order valence-corrected chi connectivity index (χ1v) is 7.79. The van der Waals surface area contributed by atoms with Crippen molar-refractivity contribution in [1.82, 2.24) is 0 Å². The van der Waals surface area contributed by atoms with Gasteiger partial charge in [-0.05, 0) is 42.7 Å². The Bertz CT molecular complexity index is 599. The van der Waals surface area contributed by atoms with Crippen molar-refractivity contribution in [1.29, 1.82) is 0 Å². The van der Waals surface area contributed by atoms with Gasteiger partial charge in [-0.25, -0.2) is 0 Å². The van der Waals surface area contributed by atoms with E-state index in [-0.39, 0.29) is 12.5 Å². The fourth-order valence-corrected chi connectivity index (χ4v) is 2.35. The Morgan fingerprint density at radius 1 is 1.14 bits per heavy atom. The normalized spacial score (nSPS) is 10.0. The number of amides is 1. The number of para-hydroxylation sites is 1. The van der Waals surface area contributed by atoms with Gasteiger partial charge < -0.3 is 15.4 Å². The third-order valence-corrected chi connectivity index (χ3v) is 3.69. The first kappa shape index (κ1) is 15.3. The number of nitrogens with one attached hydrogen (secondary N) is 2. The standard InChI is InChI=1S/C16H18N2O2S/c1-17-12-7-9-13(10-8-12)20-11-16(19)18-14-5-3-4-6-15(14)21-2/h3-10,17H,11H2,1-2H3,(H,18,19). The molecule has 0 aliphatic carbocycles. The molecule has 0 aliphatic heterocycles. The Morgan fingerprint density at radius 2 is 1.86 bits per heavy atom. The molecular weight excluding hydrogens is 284 g/mol. The molecule has 2 aromatic carbocycles. The number of rotatable bonds is 6. The molecule has 0 atom stereocenters. The quantitative estimate of drug-likeness (QED) is 0.802. The first-order valence-electron chi connectivity index (χ1n) is 6.56. The summed E-state index contributed by atoms with van der Waals surface area (Å²) in [6, 6.07) is 15.1. The van der Waals surface area contributed by atoms with Crippen LogP contribution in [0.3, 0.4) is 0 Å². The Labute approximate surface area is 128 Å². The predicted molar refractivity (Wildman–Crippen MR) is 88.3 cm³/mol. The van der Waals surface area contributed by atoms with Gasteiger partial charge in [0.2, 0.25) is 0 Å². The number of benzene rings is 2. The van der Waals surface area contributed by atoms with Crippen LogP contribution in [0.1, 0.15) is 0 Å². The van der Waals surface area contributed by atoms with Crippen LogP contribution in [0.5, 0.6) is 5.75 Å².